The summed E-state index contributed by atoms with van der Waals surface area (Å²) in [6.45, 7) is 10.3. The first kappa shape index (κ1) is 16.3. The molecule has 0 aromatic heterocycles. The second-order valence-corrected chi connectivity index (χ2v) is 6.21. The standard InChI is InChI=1S/C17H28N2O2/c1-14(2)21-16-7-5-15(6-8-16)17(3,13-20)19-11-4-9-18-10-12-19/h5-8,14,18,20H,4,9-13H2,1-3H3. The third kappa shape index (κ3) is 3.96. The van der Waals surface area contributed by atoms with Crippen molar-refractivity contribution in [2.75, 3.05) is 32.8 Å². The Morgan fingerprint density at radius 2 is 1.95 bits per heavy atom. The minimum atomic E-state index is -0.331. The monoisotopic (exact) mass is 292 g/mol. The Labute approximate surface area is 128 Å². The minimum absolute atomic E-state index is 0.122. The number of nitrogens with zero attached hydrogens (tertiary/aromatic N) is 1. The number of rotatable bonds is 5. The van der Waals surface area contributed by atoms with Crippen LogP contribution in [0.25, 0.3) is 0 Å². The number of ether oxygens (including phenoxy) is 1. The molecule has 0 bridgehead atoms. The van der Waals surface area contributed by atoms with Gasteiger partial charge >= 0.3 is 0 Å². The Bertz CT molecular complexity index is 425. The van der Waals surface area contributed by atoms with Gasteiger partial charge in [0, 0.05) is 19.6 Å². The van der Waals surface area contributed by atoms with Gasteiger partial charge in [0.25, 0.3) is 0 Å². The molecule has 118 valence electrons. The van der Waals surface area contributed by atoms with Gasteiger partial charge in [0.1, 0.15) is 5.75 Å². The van der Waals surface area contributed by atoms with Crippen LogP contribution >= 0.6 is 0 Å². The number of aliphatic hydroxyl groups excluding tert-OH is 1. The van der Waals surface area contributed by atoms with Crippen molar-refractivity contribution < 1.29 is 9.84 Å². The molecule has 1 aromatic rings. The molecule has 1 aromatic carbocycles. The molecule has 0 radical (unpaired) electrons. The van der Waals surface area contributed by atoms with Crippen molar-refractivity contribution in [3.63, 3.8) is 0 Å². The van der Waals surface area contributed by atoms with Crippen LogP contribution in [-0.2, 0) is 5.54 Å². The molecule has 1 aliphatic heterocycles. The van der Waals surface area contributed by atoms with Crippen molar-refractivity contribution in [1.29, 1.82) is 0 Å². The quantitative estimate of drug-likeness (QED) is 0.871. The Morgan fingerprint density at radius 1 is 1.24 bits per heavy atom. The van der Waals surface area contributed by atoms with E-state index in [0.717, 1.165) is 43.9 Å². The topological polar surface area (TPSA) is 44.7 Å². The molecule has 0 saturated carbocycles. The van der Waals surface area contributed by atoms with Crippen molar-refractivity contribution in [1.82, 2.24) is 10.2 Å². The van der Waals surface area contributed by atoms with E-state index < -0.39 is 0 Å². The molecule has 21 heavy (non-hydrogen) atoms. The summed E-state index contributed by atoms with van der Waals surface area (Å²) in [6.07, 6.45) is 1.29. The maximum Gasteiger partial charge on any atom is 0.119 e. The first-order valence-corrected chi connectivity index (χ1v) is 7.90. The van der Waals surface area contributed by atoms with Gasteiger partial charge in [0.05, 0.1) is 18.2 Å². The molecule has 4 nitrogen and oxygen atoms in total. The molecular formula is C17H28N2O2. The first-order chi connectivity index (χ1) is 10.1. The van der Waals surface area contributed by atoms with Gasteiger partial charge in [-0.25, -0.2) is 0 Å². The van der Waals surface area contributed by atoms with Gasteiger partial charge in [0.15, 0.2) is 0 Å². The lowest BCUT2D eigenvalue weighted by atomic mass is 9.90. The van der Waals surface area contributed by atoms with Gasteiger partial charge in [0.2, 0.25) is 0 Å². The number of benzene rings is 1. The van der Waals surface area contributed by atoms with Gasteiger partial charge < -0.3 is 15.2 Å². The van der Waals surface area contributed by atoms with Crippen LogP contribution in [0, 0.1) is 0 Å². The Morgan fingerprint density at radius 3 is 2.57 bits per heavy atom. The fraction of sp³-hybridized carbons (Fsp3) is 0.647. The molecule has 1 saturated heterocycles. The summed E-state index contributed by atoms with van der Waals surface area (Å²) in [5.74, 6) is 0.881. The van der Waals surface area contributed by atoms with Crippen molar-refractivity contribution in [2.24, 2.45) is 0 Å². The van der Waals surface area contributed by atoms with E-state index in [1.165, 1.54) is 0 Å². The highest BCUT2D eigenvalue weighted by Gasteiger charge is 2.33. The number of hydrogen-bond acceptors (Lipinski definition) is 4. The van der Waals surface area contributed by atoms with Crippen LogP contribution in [0.3, 0.4) is 0 Å². The highest BCUT2D eigenvalue weighted by Crippen LogP contribution is 2.30. The lowest BCUT2D eigenvalue weighted by Gasteiger charge is -2.40. The molecule has 4 heteroatoms. The van der Waals surface area contributed by atoms with Crippen molar-refractivity contribution in [2.45, 2.75) is 38.8 Å². The van der Waals surface area contributed by atoms with Gasteiger partial charge in [-0.05, 0) is 51.4 Å². The molecule has 1 fully saturated rings. The van der Waals surface area contributed by atoms with E-state index in [9.17, 15) is 5.11 Å². The molecule has 0 aliphatic carbocycles. The summed E-state index contributed by atoms with van der Waals surface area (Å²) >= 11 is 0. The highest BCUT2D eigenvalue weighted by molar-refractivity contribution is 5.32. The average molecular weight is 292 g/mol. The zero-order chi connectivity index (χ0) is 15.3. The van der Waals surface area contributed by atoms with E-state index in [1.54, 1.807) is 0 Å². The number of aliphatic hydroxyl groups is 1. The summed E-state index contributed by atoms with van der Waals surface area (Å²) in [6, 6.07) is 8.15. The second kappa shape index (κ2) is 7.25. The van der Waals surface area contributed by atoms with Crippen molar-refractivity contribution >= 4 is 0 Å². The van der Waals surface area contributed by atoms with E-state index in [1.807, 2.05) is 26.0 Å². The summed E-state index contributed by atoms with van der Waals surface area (Å²) in [4.78, 5) is 2.38. The van der Waals surface area contributed by atoms with Crippen molar-refractivity contribution in [3.05, 3.63) is 29.8 Å². The second-order valence-electron chi connectivity index (χ2n) is 6.21. The lowest BCUT2D eigenvalue weighted by Crippen LogP contribution is -2.48. The molecule has 2 rings (SSSR count). The maximum atomic E-state index is 10.0. The highest BCUT2D eigenvalue weighted by atomic mass is 16.5. The van der Waals surface area contributed by atoms with E-state index in [-0.39, 0.29) is 18.2 Å². The van der Waals surface area contributed by atoms with Gasteiger partial charge in [-0.15, -0.1) is 0 Å². The number of hydrogen-bond donors (Lipinski definition) is 2. The van der Waals surface area contributed by atoms with E-state index >= 15 is 0 Å². The van der Waals surface area contributed by atoms with E-state index in [2.05, 4.69) is 29.3 Å². The Kier molecular flexibility index (Phi) is 5.62. The maximum absolute atomic E-state index is 10.0. The lowest BCUT2D eigenvalue weighted by molar-refractivity contribution is 0.0452. The molecule has 1 unspecified atom stereocenters. The molecule has 1 aliphatic rings. The summed E-state index contributed by atoms with van der Waals surface area (Å²) in [5, 5.41) is 13.4. The first-order valence-electron chi connectivity index (χ1n) is 7.90. The molecule has 1 heterocycles. The normalized spacial score (nSPS) is 20.0. The SMILES string of the molecule is CC(C)Oc1ccc(C(C)(CO)N2CCCNCC2)cc1. The van der Waals surface area contributed by atoms with Crippen LogP contribution < -0.4 is 10.1 Å². The summed E-state index contributed by atoms with van der Waals surface area (Å²) < 4.78 is 5.69. The largest absolute Gasteiger partial charge is 0.491 e. The fourth-order valence-corrected chi connectivity index (χ4v) is 2.88. The molecule has 0 amide bonds. The summed E-state index contributed by atoms with van der Waals surface area (Å²) in [7, 11) is 0. The molecule has 0 spiro atoms. The molecule has 2 N–H and O–H groups in total. The van der Waals surface area contributed by atoms with Gasteiger partial charge in [-0.1, -0.05) is 12.1 Å². The van der Waals surface area contributed by atoms with E-state index in [4.69, 9.17) is 4.74 Å². The van der Waals surface area contributed by atoms with Gasteiger partial charge in [-0.3, -0.25) is 4.90 Å². The zero-order valence-corrected chi connectivity index (χ0v) is 13.4. The van der Waals surface area contributed by atoms with Gasteiger partial charge in [-0.2, -0.15) is 0 Å². The van der Waals surface area contributed by atoms with E-state index in [0.29, 0.717) is 0 Å². The van der Waals surface area contributed by atoms with Crippen LogP contribution in [-0.4, -0.2) is 48.9 Å². The third-order valence-electron chi connectivity index (χ3n) is 4.19. The number of nitrogens with one attached hydrogen (secondary N) is 1. The predicted molar refractivity (Wildman–Crippen MR) is 85.7 cm³/mol. The predicted octanol–water partition coefficient (Wildman–Crippen LogP) is 1.98. The minimum Gasteiger partial charge on any atom is -0.491 e. The average Bonchev–Trinajstić information content (AvgIpc) is 2.76. The van der Waals surface area contributed by atoms with Crippen LogP contribution in [0.4, 0.5) is 0 Å². The summed E-state index contributed by atoms with van der Waals surface area (Å²) in [5.41, 5.74) is 0.811. The third-order valence-corrected chi connectivity index (χ3v) is 4.19. The smallest absolute Gasteiger partial charge is 0.119 e. The van der Waals surface area contributed by atoms with Crippen LogP contribution in [0.1, 0.15) is 32.8 Å². The zero-order valence-electron chi connectivity index (χ0n) is 13.4. The Hall–Kier alpha value is -1.10. The fourth-order valence-electron chi connectivity index (χ4n) is 2.88. The van der Waals surface area contributed by atoms with Crippen LogP contribution in [0.15, 0.2) is 24.3 Å². The Balaban J connectivity index is 2.18. The van der Waals surface area contributed by atoms with Crippen molar-refractivity contribution in [3.8, 4) is 5.75 Å². The molecule has 1 atom stereocenters. The van der Waals surface area contributed by atoms with Crippen LogP contribution in [0.5, 0.6) is 5.75 Å². The molecular weight excluding hydrogens is 264 g/mol. The van der Waals surface area contributed by atoms with Crippen LogP contribution in [0.2, 0.25) is 0 Å².